The second-order valence-electron chi connectivity index (χ2n) is 18.5. The van der Waals surface area contributed by atoms with E-state index in [-0.39, 0.29) is 31.1 Å². The molecule has 0 aromatic rings. The molecule has 0 saturated heterocycles. The molecule has 0 aliphatic rings. The second-order valence-corrected chi connectivity index (χ2v) is 18.5. The largest absolute Gasteiger partial charge is 0.462 e. The molecule has 0 rings (SSSR count). The van der Waals surface area contributed by atoms with Gasteiger partial charge in [-0.3, -0.25) is 14.4 Å². The predicted octanol–water partition coefficient (Wildman–Crippen LogP) is 18.3. The summed E-state index contributed by atoms with van der Waals surface area (Å²) in [5.74, 6) is -0.904. The van der Waals surface area contributed by atoms with Gasteiger partial charge in [0, 0.05) is 19.3 Å². The van der Waals surface area contributed by atoms with Crippen molar-refractivity contribution in [1.82, 2.24) is 0 Å². The van der Waals surface area contributed by atoms with Crippen molar-refractivity contribution >= 4 is 17.9 Å². The third-order valence-corrected chi connectivity index (χ3v) is 12.1. The summed E-state index contributed by atoms with van der Waals surface area (Å²) in [7, 11) is 0. The Morgan fingerprint density at radius 3 is 0.953 bits per heavy atom. The van der Waals surface area contributed by atoms with E-state index in [2.05, 4.69) is 69.4 Å². The van der Waals surface area contributed by atoms with Crippen LogP contribution in [0.3, 0.4) is 0 Å². The standard InChI is InChI=1S/C58H104O6/c1-4-7-10-13-16-18-20-22-24-26-27-28-29-30-31-33-34-36-38-40-42-45-48-51-57(60)63-54-55(53-62-56(59)50-47-44-15-12-9-6-3)64-58(61)52-49-46-43-41-39-37-35-32-25-23-21-19-17-14-11-8-5-2/h8,11,17,19,23,25,35,37,55H,4-7,9-10,12-16,18,20-22,24,26-34,36,38-54H2,1-3H3/b11-8-,19-17-,25-23-,37-35-. The first-order valence-corrected chi connectivity index (χ1v) is 27.6. The normalized spacial score (nSPS) is 12.4. The maximum absolute atomic E-state index is 12.8. The zero-order chi connectivity index (χ0) is 46.5. The van der Waals surface area contributed by atoms with Crippen molar-refractivity contribution in [3.63, 3.8) is 0 Å². The smallest absolute Gasteiger partial charge is 0.306 e. The van der Waals surface area contributed by atoms with Crippen molar-refractivity contribution < 1.29 is 28.6 Å². The summed E-state index contributed by atoms with van der Waals surface area (Å²) in [5, 5.41) is 0. The molecule has 372 valence electrons. The second kappa shape index (κ2) is 53.0. The van der Waals surface area contributed by atoms with Crippen molar-refractivity contribution in [2.75, 3.05) is 13.2 Å². The Labute approximate surface area is 397 Å². The summed E-state index contributed by atoms with van der Waals surface area (Å²) in [6.45, 7) is 6.47. The molecule has 1 atom stereocenters. The van der Waals surface area contributed by atoms with Gasteiger partial charge in [0.15, 0.2) is 6.10 Å². The minimum atomic E-state index is -0.780. The molecule has 0 radical (unpaired) electrons. The van der Waals surface area contributed by atoms with Crippen LogP contribution in [0.25, 0.3) is 0 Å². The van der Waals surface area contributed by atoms with Crippen LogP contribution in [0.1, 0.15) is 284 Å². The first-order valence-electron chi connectivity index (χ1n) is 27.6. The summed E-state index contributed by atoms with van der Waals surface area (Å²) in [6.07, 6.45) is 64.2. The Kier molecular flexibility index (Phi) is 50.8. The van der Waals surface area contributed by atoms with Crippen molar-refractivity contribution in [3.8, 4) is 0 Å². The number of allylic oxidation sites excluding steroid dienone is 8. The Morgan fingerprint density at radius 2 is 0.609 bits per heavy atom. The fraction of sp³-hybridized carbons (Fsp3) is 0.810. The zero-order valence-corrected chi connectivity index (χ0v) is 42.6. The fourth-order valence-electron chi connectivity index (χ4n) is 7.96. The molecule has 6 heteroatoms. The number of ether oxygens (including phenoxy) is 3. The van der Waals surface area contributed by atoms with Gasteiger partial charge in [-0.25, -0.2) is 0 Å². The summed E-state index contributed by atoms with van der Waals surface area (Å²) >= 11 is 0. The van der Waals surface area contributed by atoms with Gasteiger partial charge in [0.2, 0.25) is 0 Å². The molecule has 64 heavy (non-hydrogen) atoms. The highest BCUT2D eigenvalue weighted by atomic mass is 16.6. The maximum atomic E-state index is 12.8. The van der Waals surface area contributed by atoms with E-state index in [0.717, 1.165) is 96.3 Å². The maximum Gasteiger partial charge on any atom is 0.306 e. The SMILES string of the molecule is CC/C=C\C/C=C\C/C=C\C/C=C\CCCCCCC(=O)OC(COC(=O)CCCCCCCC)COC(=O)CCCCCCCCCCCCCCCCCCCCCCCCC. The third-order valence-electron chi connectivity index (χ3n) is 12.1. The van der Waals surface area contributed by atoms with Gasteiger partial charge >= 0.3 is 17.9 Å². The van der Waals surface area contributed by atoms with Gasteiger partial charge < -0.3 is 14.2 Å². The molecule has 1 unspecified atom stereocenters. The number of unbranched alkanes of at least 4 members (excludes halogenated alkanes) is 31. The van der Waals surface area contributed by atoms with Crippen LogP contribution in [-0.4, -0.2) is 37.2 Å². The molecule has 0 aliphatic heterocycles. The molecular weight excluding hydrogens is 793 g/mol. The summed E-state index contributed by atoms with van der Waals surface area (Å²) in [6, 6.07) is 0. The third kappa shape index (κ3) is 50.4. The zero-order valence-electron chi connectivity index (χ0n) is 42.6. The number of rotatable bonds is 50. The van der Waals surface area contributed by atoms with E-state index in [4.69, 9.17) is 14.2 Å². The predicted molar refractivity (Wildman–Crippen MR) is 275 cm³/mol. The van der Waals surface area contributed by atoms with Gasteiger partial charge in [-0.15, -0.1) is 0 Å². The summed E-state index contributed by atoms with van der Waals surface area (Å²) in [4.78, 5) is 37.8. The minimum Gasteiger partial charge on any atom is -0.462 e. The van der Waals surface area contributed by atoms with E-state index in [1.165, 1.54) is 148 Å². The monoisotopic (exact) mass is 897 g/mol. The van der Waals surface area contributed by atoms with E-state index in [1.807, 2.05) is 0 Å². The summed E-state index contributed by atoms with van der Waals surface area (Å²) in [5.41, 5.74) is 0. The number of carbonyl (C=O) groups excluding carboxylic acids is 3. The van der Waals surface area contributed by atoms with Crippen LogP contribution < -0.4 is 0 Å². The first kappa shape index (κ1) is 61.4. The van der Waals surface area contributed by atoms with Crippen LogP contribution in [-0.2, 0) is 28.6 Å². The van der Waals surface area contributed by atoms with Gasteiger partial charge in [0.1, 0.15) is 13.2 Å². The van der Waals surface area contributed by atoms with Crippen LogP contribution in [0.4, 0.5) is 0 Å². The van der Waals surface area contributed by atoms with Crippen LogP contribution in [0.5, 0.6) is 0 Å². The lowest BCUT2D eigenvalue weighted by atomic mass is 10.0. The molecule has 0 spiro atoms. The molecule has 6 nitrogen and oxygen atoms in total. The van der Waals surface area contributed by atoms with E-state index in [1.54, 1.807) is 0 Å². The van der Waals surface area contributed by atoms with Crippen LogP contribution >= 0.6 is 0 Å². The molecule has 0 aromatic heterocycles. The summed E-state index contributed by atoms with van der Waals surface area (Å²) < 4.78 is 16.7. The minimum absolute atomic E-state index is 0.0803. The van der Waals surface area contributed by atoms with Crippen molar-refractivity contribution in [2.24, 2.45) is 0 Å². The lowest BCUT2D eigenvalue weighted by molar-refractivity contribution is -0.167. The molecule has 0 N–H and O–H groups in total. The average molecular weight is 897 g/mol. The van der Waals surface area contributed by atoms with Crippen LogP contribution in [0, 0.1) is 0 Å². The van der Waals surface area contributed by atoms with Crippen molar-refractivity contribution in [2.45, 2.75) is 290 Å². The molecular formula is C58H104O6. The topological polar surface area (TPSA) is 78.9 Å². The van der Waals surface area contributed by atoms with Gasteiger partial charge in [-0.05, 0) is 57.8 Å². The van der Waals surface area contributed by atoms with Gasteiger partial charge in [0.25, 0.3) is 0 Å². The lowest BCUT2D eigenvalue weighted by Crippen LogP contribution is -2.30. The number of hydrogen-bond acceptors (Lipinski definition) is 6. The number of hydrogen-bond donors (Lipinski definition) is 0. The van der Waals surface area contributed by atoms with E-state index < -0.39 is 6.10 Å². The highest BCUT2D eigenvalue weighted by Crippen LogP contribution is 2.17. The number of esters is 3. The Morgan fingerprint density at radius 1 is 0.328 bits per heavy atom. The van der Waals surface area contributed by atoms with Crippen LogP contribution in [0.15, 0.2) is 48.6 Å². The van der Waals surface area contributed by atoms with Crippen molar-refractivity contribution in [3.05, 3.63) is 48.6 Å². The fourth-order valence-corrected chi connectivity index (χ4v) is 7.96. The van der Waals surface area contributed by atoms with E-state index >= 15 is 0 Å². The first-order chi connectivity index (χ1) is 31.5. The van der Waals surface area contributed by atoms with E-state index in [0.29, 0.717) is 19.3 Å². The number of carbonyl (C=O) groups is 3. The highest BCUT2D eigenvalue weighted by Gasteiger charge is 2.19. The van der Waals surface area contributed by atoms with E-state index in [9.17, 15) is 14.4 Å². The van der Waals surface area contributed by atoms with Crippen molar-refractivity contribution in [1.29, 1.82) is 0 Å². The molecule has 0 heterocycles. The molecule has 0 bridgehead atoms. The molecule has 0 aromatic carbocycles. The Bertz CT molecular complexity index is 1120. The van der Waals surface area contributed by atoms with Gasteiger partial charge in [-0.2, -0.15) is 0 Å². The molecule has 0 fully saturated rings. The quantitative estimate of drug-likeness (QED) is 0.0262. The molecule has 0 aliphatic carbocycles. The molecule has 0 amide bonds. The lowest BCUT2D eigenvalue weighted by Gasteiger charge is -2.18. The van der Waals surface area contributed by atoms with Crippen LogP contribution in [0.2, 0.25) is 0 Å². The van der Waals surface area contributed by atoms with Gasteiger partial charge in [-0.1, -0.05) is 256 Å². The van der Waals surface area contributed by atoms with Gasteiger partial charge in [0.05, 0.1) is 0 Å². The Hall–Kier alpha value is -2.63. The highest BCUT2D eigenvalue weighted by molar-refractivity contribution is 5.71. The Balaban J connectivity index is 4.14. The molecule has 0 saturated carbocycles. The average Bonchev–Trinajstić information content (AvgIpc) is 3.29.